The average molecular weight is 233 g/mol. The minimum absolute atomic E-state index is 0.0926. The number of nitrogens with zero attached hydrogens (tertiary/aromatic N) is 3. The molecule has 1 fully saturated rings. The van der Waals surface area contributed by atoms with Crippen LogP contribution in [-0.2, 0) is 0 Å². The van der Waals surface area contributed by atoms with E-state index in [-0.39, 0.29) is 11.3 Å². The normalized spacial score (nSPS) is 19.1. The van der Waals surface area contributed by atoms with Crippen molar-refractivity contribution >= 4 is 11.4 Å². The molecule has 88 valence electrons. The van der Waals surface area contributed by atoms with Gasteiger partial charge in [-0.15, -0.1) is 0 Å². The fraction of sp³-hybridized carbons (Fsp3) is 0.364. The summed E-state index contributed by atoms with van der Waals surface area (Å²) in [6.45, 7) is 1.13. The lowest BCUT2D eigenvalue weighted by molar-refractivity contribution is -0.384. The molecule has 0 saturated carbocycles. The predicted octanol–water partition coefficient (Wildman–Crippen LogP) is 1.04. The number of benzene rings is 1. The van der Waals surface area contributed by atoms with Gasteiger partial charge in [0.25, 0.3) is 5.69 Å². The van der Waals surface area contributed by atoms with Crippen LogP contribution >= 0.6 is 0 Å². The molecule has 6 heteroatoms. The van der Waals surface area contributed by atoms with E-state index in [9.17, 15) is 15.2 Å². The topological polar surface area (TPSA) is 90.4 Å². The molecule has 1 atom stereocenters. The summed E-state index contributed by atoms with van der Waals surface area (Å²) in [5.74, 6) is 0. The standard InChI is InChI=1S/C11H11N3O3/c12-6-8-5-9(14(16)17)1-2-11(8)13-4-3-10(15)7-13/h1-2,5,10,15H,3-4,7H2/t10-/m1/s1. The number of anilines is 1. The number of nitro groups is 1. The molecule has 1 aliphatic heterocycles. The molecule has 1 aromatic carbocycles. The zero-order valence-corrected chi connectivity index (χ0v) is 9.04. The third-order valence-electron chi connectivity index (χ3n) is 2.82. The van der Waals surface area contributed by atoms with Crippen molar-refractivity contribution in [2.45, 2.75) is 12.5 Å². The summed E-state index contributed by atoms with van der Waals surface area (Å²) in [5.41, 5.74) is 0.827. The molecule has 0 aromatic heterocycles. The van der Waals surface area contributed by atoms with Gasteiger partial charge in [-0.2, -0.15) is 5.26 Å². The molecule has 1 aromatic rings. The van der Waals surface area contributed by atoms with Gasteiger partial charge in [0.1, 0.15) is 6.07 Å². The number of nitro benzene ring substituents is 1. The molecule has 2 rings (SSSR count). The third-order valence-corrected chi connectivity index (χ3v) is 2.82. The van der Waals surface area contributed by atoms with Crippen LogP contribution in [0.1, 0.15) is 12.0 Å². The van der Waals surface area contributed by atoms with Crippen molar-refractivity contribution < 1.29 is 10.0 Å². The number of aliphatic hydroxyl groups is 1. The molecule has 0 aliphatic carbocycles. The van der Waals surface area contributed by atoms with Gasteiger partial charge >= 0.3 is 0 Å². The largest absolute Gasteiger partial charge is 0.391 e. The van der Waals surface area contributed by atoms with Crippen molar-refractivity contribution in [2.75, 3.05) is 18.0 Å². The predicted molar refractivity (Wildman–Crippen MR) is 60.6 cm³/mol. The highest BCUT2D eigenvalue weighted by atomic mass is 16.6. The van der Waals surface area contributed by atoms with Crippen LogP contribution in [0.3, 0.4) is 0 Å². The lowest BCUT2D eigenvalue weighted by atomic mass is 10.1. The molecular weight excluding hydrogens is 222 g/mol. The molecule has 0 radical (unpaired) electrons. The van der Waals surface area contributed by atoms with E-state index in [4.69, 9.17) is 5.26 Å². The first-order valence-electron chi connectivity index (χ1n) is 5.23. The van der Waals surface area contributed by atoms with E-state index in [1.54, 1.807) is 6.07 Å². The molecule has 1 saturated heterocycles. The van der Waals surface area contributed by atoms with E-state index in [1.165, 1.54) is 12.1 Å². The zero-order chi connectivity index (χ0) is 12.4. The molecule has 0 bridgehead atoms. The van der Waals surface area contributed by atoms with Gasteiger partial charge in [0.2, 0.25) is 0 Å². The number of hydrogen-bond donors (Lipinski definition) is 1. The van der Waals surface area contributed by atoms with Crippen molar-refractivity contribution in [3.05, 3.63) is 33.9 Å². The third kappa shape index (κ3) is 2.19. The maximum atomic E-state index is 10.6. The van der Waals surface area contributed by atoms with Crippen molar-refractivity contribution in [3.63, 3.8) is 0 Å². The minimum atomic E-state index is -0.524. The van der Waals surface area contributed by atoms with Crippen LogP contribution in [0.15, 0.2) is 18.2 Å². The van der Waals surface area contributed by atoms with Gasteiger partial charge in [-0.25, -0.2) is 0 Å². The Morgan fingerprint density at radius 1 is 1.59 bits per heavy atom. The molecular formula is C11H11N3O3. The Kier molecular flexibility index (Phi) is 2.93. The Hall–Kier alpha value is -2.13. The Balaban J connectivity index is 2.35. The summed E-state index contributed by atoms with van der Waals surface area (Å²) in [5, 5.41) is 29.0. The highest BCUT2D eigenvalue weighted by molar-refractivity contribution is 5.63. The molecule has 0 spiro atoms. The maximum Gasteiger partial charge on any atom is 0.270 e. The fourth-order valence-electron chi connectivity index (χ4n) is 1.96. The van der Waals surface area contributed by atoms with Crippen molar-refractivity contribution in [3.8, 4) is 6.07 Å². The summed E-state index contributed by atoms with van der Waals surface area (Å²) in [6.07, 6.45) is 0.263. The number of β-amino-alcohol motifs (C(OH)–C–C–N with tert-alkyl or cyclic N) is 1. The summed E-state index contributed by atoms with van der Waals surface area (Å²) in [7, 11) is 0. The van der Waals surface area contributed by atoms with Gasteiger partial charge in [0.05, 0.1) is 22.3 Å². The van der Waals surface area contributed by atoms with Crippen LogP contribution in [0.5, 0.6) is 0 Å². The second-order valence-electron chi connectivity index (χ2n) is 3.96. The summed E-state index contributed by atoms with van der Waals surface area (Å²) < 4.78 is 0. The maximum absolute atomic E-state index is 10.6. The lowest BCUT2D eigenvalue weighted by Crippen LogP contribution is -2.22. The first kappa shape index (κ1) is 11.4. The second-order valence-corrected chi connectivity index (χ2v) is 3.96. The van der Waals surface area contributed by atoms with Gasteiger partial charge in [0, 0.05) is 25.2 Å². The van der Waals surface area contributed by atoms with Gasteiger partial charge in [0.15, 0.2) is 0 Å². The minimum Gasteiger partial charge on any atom is -0.391 e. The van der Waals surface area contributed by atoms with Crippen molar-refractivity contribution in [2.24, 2.45) is 0 Å². The quantitative estimate of drug-likeness (QED) is 0.608. The molecule has 6 nitrogen and oxygen atoms in total. The summed E-state index contributed by atoms with van der Waals surface area (Å²) >= 11 is 0. The lowest BCUT2D eigenvalue weighted by Gasteiger charge is -2.18. The van der Waals surface area contributed by atoms with E-state index in [0.717, 1.165) is 0 Å². The van der Waals surface area contributed by atoms with Crippen LogP contribution in [0.4, 0.5) is 11.4 Å². The fourth-order valence-corrected chi connectivity index (χ4v) is 1.96. The van der Waals surface area contributed by atoms with E-state index >= 15 is 0 Å². The highest BCUT2D eigenvalue weighted by Gasteiger charge is 2.23. The number of nitriles is 1. The van der Waals surface area contributed by atoms with Crippen molar-refractivity contribution in [1.82, 2.24) is 0 Å². The van der Waals surface area contributed by atoms with Gasteiger partial charge in [-0.05, 0) is 12.5 Å². The van der Waals surface area contributed by atoms with Crippen LogP contribution in [0.2, 0.25) is 0 Å². The number of rotatable bonds is 2. The number of hydrogen-bond acceptors (Lipinski definition) is 5. The molecule has 0 amide bonds. The Morgan fingerprint density at radius 2 is 2.35 bits per heavy atom. The van der Waals surface area contributed by atoms with Gasteiger partial charge in [-0.3, -0.25) is 10.1 Å². The average Bonchev–Trinajstić information content (AvgIpc) is 2.74. The Morgan fingerprint density at radius 3 is 2.88 bits per heavy atom. The SMILES string of the molecule is N#Cc1cc([N+](=O)[O-])ccc1N1CC[C@@H](O)C1. The molecule has 1 N–H and O–H groups in total. The van der Waals surface area contributed by atoms with Crippen LogP contribution in [-0.4, -0.2) is 29.2 Å². The van der Waals surface area contributed by atoms with Crippen LogP contribution in [0, 0.1) is 21.4 Å². The van der Waals surface area contributed by atoms with E-state index < -0.39 is 11.0 Å². The Bertz CT molecular complexity index is 495. The van der Waals surface area contributed by atoms with Gasteiger partial charge < -0.3 is 10.0 Å². The molecule has 1 heterocycles. The van der Waals surface area contributed by atoms with Crippen molar-refractivity contribution in [1.29, 1.82) is 5.26 Å². The monoisotopic (exact) mass is 233 g/mol. The van der Waals surface area contributed by atoms with E-state index in [1.807, 2.05) is 11.0 Å². The van der Waals surface area contributed by atoms with Gasteiger partial charge in [-0.1, -0.05) is 0 Å². The number of non-ortho nitro benzene ring substituents is 1. The summed E-state index contributed by atoms with van der Waals surface area (Å²) in [6, 6.07) is 6.16. The van der Waals surface area contributed by atoms with E-state index in [0.29, 0.717) is 25.2 Å². The summed E-state index contributed by atoms with van der Waals surface area (Å²) in [4.78, 5) is 11.9. The molecule has 0 unspecified atom stereocenters. The first-order valence-corrected chi connectivity index (χ1v) is 5.23. The Labute approximate surface area is 97.8 Å². The van der Waals surface area contributed by atoms with E-state index in [2.05, 4.69) is 0 Å². The molecule has 1 aliphatic rings. The van der Waals surface area contributed by atoms with Crippen LogP contribution in [0.25, 0.3) is 0 Å². The smallest absolute Gasteiger partial charge is 0.270 e. The van der Waals surface area contributed by atoms with Crippen LogP contribution < -0.4 is 4.90 Å². The molecule has 17 heavy (non-hydrogen) atoms. The highest BCUT2D eigenvalue weighted by Crippen LogP contribution is 2.27. The number of aliphatic hydroxyl groups excluding tert-OH is 1. The first-order chi connectivity index (χ1) is 8.11. The zero-order valence-electron chi connectivity index (χ0n) is 9.04. The second kappa shape index (κ2) is 4.39.